The molecule has 0 heterocycles. The average Bonchev–Trinajstić information content (AvgIpc) is 2.30. The van der Waals surface area contributed by atoms with Crippen LogP contribution in [0.3, 0.4) is 0 Å². The van der Waals surface area contributed by atoms with Crippen molar-refractivity contribution in [1.29, 1.82) is 0 Å². The second-order valence-electron chi connectivity index (χ2n) is 6.86. The highest BCUT2D eigenvalue weighted by Crippen LogP contribution is 2.50. The van der Waals surface area contributed by atoms with Crippen LogP contribution in [0.5, 0.6) is 0 Å². The Morgan fingerprint density at radius 1 is 1.39 bits per heavy atom. The quantitative estimate of drug-likeness (QED) is 0.420. The summed E-state index contributed by atoms with van der Waals surface area (Å²) in [4.78, 5) is 10.6. The van der Waals surface area contributed by atoms with Crippen molar-refractivity contribution in [3.63, 3.8) is 0 Å². The van der Waals surface area contributed by atoms with Gasteiger partial charge in [0.15, 0.2) is 0 Å². The number of carboxylic acids is 1. The van der Waals surface area contributed by atoms with Gasteiger partial charge in [-0.25, -0.2) is 13.6 Å². The zero-order valence-electron chi connectivity index (χ0n) is 14.0. The molecule has 2 atom stereocenters. The number of aliphatic hydroxyl groups excluding tert-OH is 1. The smallest absolute Gasteiger partial charge is 0.328 e. The van der Waals surface area contributed by atoms with E-state index in [1.54, 1.807) is 13.8 Å². The fourth-order valence-electron chi connectivity index (χ4n) is 3.17. The third-order valence-corrected chi connectivity index (χ3v) is 4.46. The highest BCUT2D eigenvalue weighted by molar-refractivity contribution is 5.81. The number of halogens is 2. The van der Waals surface area contributed by atoms with Crippen LogP contribution in [0.15, 0.2) is 34.9 Å². The highest BCUT2D eigenvalue weighted by atomic mass is 19.3. The number of alkyl halides is 2. The SMILES string of the molecule is CC1=C(C(C)(F)F)C(O)CC(C)(C)C1(O)/C=C/C(C)=C\C(=O)O. The predicted octanol–water partition coefficient (Wildman–Crippen LogP) is 3.07. The van der Waals surface area contributed by atoms with Crippen LogP contribution in [-0.2, 0) is 4.79 Å². The highest BCUT2D eigenvalue weighted by Gasteiger charge is 2.53. The molecule has 0 spiro atoms. The summed E-state index contributed by atoms with van der Waals surface area (Å²) in [7, 11) is 0. The zero-order valence-corrected chi connectivity index (χ0v) is 14.0. The molecule has 4 nitrogen and oxygen atoms in total. The van der Waals surface area contributed by atoms with Gasteiger partial charge in [-0.3, -0.25) is 0 Å². The normalized spacial score (nSPS) is 29.3. The molecule has 0 aromatic carbocycles. The molecule has 1 rings (SSSR count). The Bertz CT molecular complexity index is 582. The third-order valence-electron chi connectivity index (χ3n) is 4.46. The maximum Gasteiger partial charge on any atom is 0.328 e. The van der Waals surface area contributed by atoms with Gasteiger partial charge < -0.3 is 15.3 Å². The molecule has 2 unspecified atom stereocenters. The molecule has 0 aromatic heterocycles. The van der Waals surface area contributed by atoms with Crippen molar-refractivity contribution in [1.82, 2.24) is 0 Å². The Balaban J connectivity index is 3.47. The number of hydrogen-bond donors (Lipinski definition) is 3. The third kappa shape index (κ3) is 3.87. The fourth-order valence-corrected chi connectivity index (χ4v) is 3.17. The summed E-state index contributed by atoms with van der Waals surface area (Å²) in [6, 6.07) is 0. The van der Waals surface area contributed by atoms with Crippen LogP contribution in [-0.4, -0.2) is 38.9 Å². The van der Waals surface area contributed by atoms with Crippen LogP contribution in [0.4, 0.5) is 8.78 Å². The molecule has 0 aliphatic heterocycles. The fraction of sp³-hybridized carbons (Fsp3) is 0.588. The summed E-state index contributed by atoms with van der Waals surface area (Å²) in [5, 5.41) is 29.8. The van der Waals surface area contributed by atoms with Crippen molar-refractivity contribution in [3.8, 4) is 0 Å². The summed E-state index contributed by atoms with van der Waals surface area (Å²) in [6.45, 7) is 6.94. The van der Waals surface area contributed by atoms with Crippen LogP contribution in [0.2, 0.25) is 0 Å². The van der Waals surface area contributed by atoms with Crippen LogP contribution in [0, 0.1) is 5.41 Å². The molecule has 1 aliphatic carbocycles. The van der Waals surface area contributed by atoms with Gasteiger partial charge >= 0.3 is 5.97 Å². The Morgan fingerprint density at radius 2 is 1.91 bits per heavy atom. The van der Waals surface area contributed by atoms with E-state index in [0.29, 0.717) is 12.5 Å². The number of carbonyl (C=O) groups is 1. The Hall–Kier alpha value is -1.53. The molecule has 130 valence electrons. The topological polar surface area (TPSA) is 77.8 Å². The molecule has 0 bridgehead atoms. The van der Waals surface area contributed by atoms with Crippen molar-refractivity contribution >= 4 is 5.97 Å². The minimum absolute atomic E-state index is 0.00637. The number of rotatable bonds is 4. The molecule has 23 heavy (non-hydrogen) atoms. The Labute approximate surface area is 134 Å². The second kappa shape index (κ2) is 6.17. The van der Waals surface area contributed by atoms with Crippen molar-refractivity contribution in [2.24, 2.45) is 5.41 Å². The Kier molecular flexibility index (Phi) is 5.23. The first-order valence-electron chi connectivity index (χ1n) is 7.33. The van der Waals surface area contributed by atoms with Crippen molar-refractivity contribution in [2.75, 3.05) is 0 Å². The van der Waals surface area contributed by atoms with E-state index in [4.69, 9.17) is 5.11 Å². The van der Waals surface area contributed by atoms with Gasteiger partial charge in [0.2, 0.25) is 0 Å². The van der Waals surface area contributed by atoms with E-state index in [1.807, 2.05) is 0 Å². The van der Waals surface area contributed by atoms with E-state index in [1.165, 1.54) is 26.0 Å². The van der Waals surface area contributed by atoms with E-state index in [-0.39, 0.29) is 12.0 Å². The second-order valence-corrected chi connectivity index (χ2v) is 6.86. The summed E-state index contributed by atoms with van der Waals surface area (Å²) in [5.74, 6) is -4.39. The monoisotopic (exact) mass is 330 g/mol. The number of aliphatic hydroxyl groups is 2. The van der Waals surface area contributed by atoms with Gasteiger partial charge in [-0.1, -0.05) is 19.9 Å². The number of allylic oxidation sites excluding steroid dienone is 2. The van der Waals surface area contributed by atoms with Crippen molar-refractivity contribution in [2.45, 2.75) is 58.7 Å². The molecule has 0 radical (unpaired) electrons. The lowest BCUT2D eigenvalue weighted by molar-refractivity contribution is -0.131. The minimum Gasteiger partial charge on any atom is -0.478 e. The van der Waals surface area contributed by atoms with E-state index in [9.17, 15) is 23.8 Å². The first kappa shape index (κ1) is 19.5. The average molecular weight is 330 g/mol. The molecular formula is C17H24F2O4. The van der Waals surface area contributed by atoms with Crippen LogP contribution in [0.1, 0.15) is 41.0 Å². The largest absolute Gasteiger partial charge is 0.478 e. The van der Waals surface area contributed by atoms with Crippen molar-refractivity contribution < 1.29 is 28.9 Å². The van der Waals surface area contributed by atoms with Gasteiger partial charge in [-0.15, -0.1) is 0 Å². The Morgan fingerprint density at radius 3 is 2.35 bits per heavy atom. The maximum absolute atomic E-state index is 13.8. The lowest BCUT2D eigenvalue weighted by atomic mass is 9.61. The van der Waals surface area contributed by atoms with E-state index < -0.39 is 34.6 Å². The van der Waals surface area contributed by atoms with Gasteiger partial charge in [0.05, 0.1) is 6.10 Å². The molecule has 0 amide bonds. The summed E-state index contributed by atoms with van der Waals surface area (Å²) in [5.41, 5.74) is -2.73. The molecule has 0 saturated heterocycles. The lowest BCUT2D eigenvalue weighted by Gasteiger charge is -2.49. The van der Waals surface area contributed by atoms with Gasteiger partial charge in [-0.05, 0) is 37.5 Å². The van der Waals surface area contributed by atoms with E-state index in [2.05, 4.69) is 0 Å². The number of aliphatic carboxylic acids is 1. The summed E-state index contributed by atoms with van der Waals surface area (Å²) >= 11 is 0. The standard InChI is InChI=1S/C17H24F2O4/c1-10(8-13(21)22)6-7-17(23)11(2)14(16(5,18)19)12(20)9-15(17,3)4/h6-8,12,20,23H,9H2,1-5H3,(H,21,22)/b7-6+,10-8-. The van der Waals surface area contributed by atoms with Crippen LogP contribution < -0.4 is 0 Å². The molecule has 6 heteroatoms. The molecule has 1 aliphatic rings. The first-order chi connectivity index (χ1) is 10.2. The lowest BCUT2D eigenvalue weighted by Crippen LogP contribution is -2.52. The zero-order chi connectivity index (χ0) is 18.2. The molecular weight excluding hydrogens is 306 g/mol. The summed E-state index contributed by atoms with van der Waals surface area (Å²) < 4.78 is 27.7. The van der Waals surface area contributed by atoms with Crippen LogP contribution in [0.25, 0.3) is 0 Å². The van der Waals surface area contributed by atoms with Gasteiger partial charge in [0, 0.05) is 24.0 Å². The molecule has 0 fully saturated rings. The van der Waals surface area contributed by atoms with Gasteiger partial charge in [0.1, 0.15) is 5.60 Å². The maximum atomic E-state index is 13.8. The number of carboxylic acid groups (broad SMARTS) is 1. The van der Waals surface area contributed by atoms with Gasteiger partial charge in [0.25, 0.3) is 5.92 Å². The van der Waals surface area contributed by atoms with E-state index >= 15 is 0 Å². The molecule has 0 saturated carbocycles. The molecule has 0 aromatic rings. The minimum atomic E-state index is -3.26. The summed E-state index contributed by atoms with van der Waals surface area (Å²) in [6.07, 6.45) is 2.30. The first-order valence-corrected chi connectivity index (χ1v) is 7.33. The van der Waals surface area contributed by atoms with Crippen LogP contribution >= 0.6 is 0 Å². The van der Waals surface area contributed by atoms with Crippen molar-refractivity contribution in [3.05, 3.63) is 34.9 Å². The molecule has 3 N–H and O–H groups in total. The van der Waals surface area contributed by atoms with E-state index in [0.717, 1.165) is 6.08 Å². The number of hydrogen-bond acceptors (Lipinski definition) is 3. The van der Waals surface area contributed by atoms with Gasteiger partial charge in [-0.2, -0.15) is 0 Å². The predicted molar refractivity (Wildman–Crippen MR) is 83.2 cm³/mol.